The molecule has 1 aromatic carbocycles. The molecule has 0 aliphatic carbocycles. The minimum absolute atomic E-state index is 0.0926. The standard InChI is InChI=1S/C13H12Br3NO/c1-2-17-12(9-5-6-18-13(9)16)10-7-8(14)3-4-11(10)15/h3-7,12,17H,2H2,1H3. The maximum absolute atomic E-state index is 5.33. The van der Waals surface area contributed by atoms with Crippen LogP contribution < -0.4 is 5.32 Å². The average molecular weight is 438 g/mol. The summed E-state index contributed by atoms with van der Waals surface area (Å²) in [5, 5.41) is 3.47. The maximum atomic E-state index is 5.33. The van der Waals surface area contributed by atoms with Crippen molar-refractivity contribution in [3.05, 3.63) is 55.3 Å². The van der Waals surface area contributed by atoms with E-state index in [2.05, 4.69) is 66.1 Å². The third-order valence-corrected chi connectivity index (χ3v) is 4.49. The van der Waals surface area contributed by atoms with Crippen molar-refractivity contribution in [1.29, 1.82) is 0 Å². The number of hydrogen-bond acceptors (Lipinski definition) is 2. The van der Waals surface area contributed by atoms with Crippen LogP contribution in [0.5, 0.6) is 0 Å². The summed E-state index contributed by atoms with van der Waals surface area (Å²) in [5.41, 5.74) is 2.27. The number of furan rings is 1. The lowest BCUT2D eigenvalue weighted by Gasteiger charge is -2.19. The van der Waals surface area contributed by atoms with E-state index >= 15 is 0 Å². The van der Waals surface area contributed by atoms with E-state index in [9.17, 15) is 0 Å². The molecule has 1 heterocycles. The first-order valence-corrected chi connectivity index (χ1v) is 7.92. The van der Waals surface area contributed by atoms with Crippen LogP contribution in [0.25, 0.3) is 0 Å². The van der Waals surface area contributed by atoms with E-state index in [1.54, 1.807) is 6.26 Å². The zero-order valence-corrected chi connectivity index (χ0v) is 14.5. The van der Waals surface area contributed by atoms with E-state index in [0.29, 0.717) is 0 Å². The Labute approximate surface area is 132 Å². The summed E-state index contributed by atoms with van der Waals surface area (Å²) in [7, 11) is 0. The molecule has 0 saturated carbocycles. The fourth-order valence-electron chi connectivity index (χ4n) is 1.84. The summed E-state index contributed by atoms with van der Waals surface area (Å²) >= 11 is 10.6. The zero-order valence-electron chi connectivity index (χ0n) is 9.71. The Bertz CT molecular complexity index is 539. The van der Waals surface area contributed by atoms with Gasteiger partial charge in [0.1, 0.15) is 0 Å². The summed E-state index contributed by atoms with van der Waals surface area (Å²) < 4.78 is 8.23. The van der Waals surface area contributed by atoms with E-state index in [-0.39, 0.29) is 6.04 Å². The molecule has 0 bridgehead atoms. The Balaban J connectivity index is 2.48. The molecule has 2 aromatic rings. The highest BCUT2D eigenvalue weighted by Gasteiger charge is 2.20. The molecule has 1 unspecified atom stereocenters. The molecule has 0 fully saturated rings. The summed E-state index contributed by atoms with van der Waals surface area (Å²) in [6.07, 6.45) is 1.69. The van der Waals surface area contributed by atoms with Crippen LogP contribution in [0.15, 0.2) is 48.6 Å². The fraction of sp³-hybridized carbons (Fsp3) is 0.231. The first-order chi connectivity index (χ1) is 8.63. The largest absolute Gasteiger partial charge is 0.457 e. The third kappa shape index (κ3) is 3.07. The predicted octanol–water partition coefficient (Wildman–Crippen LogP) is 5.27. The lowest BCUT2D eigenvalue weighted by atomic mass is 10.0. The monoisotopic (exact) mass is 435 g/mol. The minimum Gasteiger partial charge on any atom is -0.457 e. The van der Waals surface area contributed by atoms with E-state index in [1.807, 2.05) is 18.2 Å². The molecule has 2 nitrogen and oxygen atoms in total. The molecule has 0 radical (unpaired) electrons. The van der Waals surface area contributed by atoms with Crippen molar-refractivity contribution in [2.24, 2.45) is 0 Å². The maximum Gasteiger partial charge on any atom is 0.174 e. The van der Waals surface area contributed by atoms with Gasteiger partial charge in [0.25, 0.3) is 0 Å². The van der Waals surface area contributed by atoms with Crippen molar-refractivity contribution in [2.75, 3.05) is 6.54 Å². The molecule has 1 N–H and O–H groups in total. The van der Waals surface area contributed by atoms with Gasteiger partial charge in [0.2, 0.25) is 0 Å². The number of halogens is 3. The van der Waals surface area contributed by atoms with Crippen LogP contribution in [0.4, 0.5) is 0 Å². The topological polar surface area (TPSA) is 25.2 Å². The number of benzene rings is 1. The molecule has 2 rings (SSSR count). The molecular formula is C13H12Br3NO. The van der Waals surface area contributed by atoms with E-state index < -0.39 is 0 Å². The Morgan fingerprint density at radius 3 is 2.56 bits per heavy atom. The van der Waals surface area contributed by atoms with Gasteiger partial charge in [-0.1, -0.05) is 38.8 Å². The molecule has 96 valence electrons. The zero-order chi connectivity index (χ0) is 13.1. The van der Waals surface area contributed by atoms with E-state index in [4.69, 9.17) is 4.42 Å². The summed E-state index contributed by atoms with van der Waals surface area (Å²) in [6, 6.07) is 8.23. The van der Waals surface area contributed by atoms with E-state index in [1.165, 1.54) is 5.56 Å². The van der Waals surface area contributed by atoms with E-state index in [0.717, 1.165) is 25.7 Å². The minimum atomic E-state index is 0.0926. The third-order valence-electron chi connectivity index (χ3n) is 2.63. The fourth-order valence-corrected chi connectivity index (χ4v) is 3.16. The van der Waals surface area contributed by atoms with Crippen LogP contribution in [0.2, 0.25) is 0 Å². The van der Waals surface area contributed by atoms with Crippen molar-refractivity contribution in [1.82, 2.24) is 5.32 Å². The normalized spacial score (nSPS) is 12.7. The second kappa shape index (κ2) is 6.37. The van der Waals surface area contributed by atoms with Crippen molar-refractivity contribution < 1.29 is 4.42 Å². The summed E-state index contributed by atoms with van der Waals surface area (Å²) in [4.78, 5) is 0. The molecule has 0 spiro atoms. The molecule has 0 saturated heterocycles. The van der Waals surface area contributed by atoms with Crippen LogP contribution in [0.3, 0.4) is 0 Å². The lowest BCUT2D eigenvalue weighted by molar-refractivity contribution is 0.526. The smallest absolute Gasteiger partial charge is 0.174 e. The molecule has 1 atom stereocenters. The number of hydrogen-bond donors (Lipinski definition) is 1. The number of nitrogens with one attached hydrogen (secondary N) is 1. The SMILES string of the molecule is CCNC(c1cc(Br)ccc1Br)c1ccoc1Br. The Hall–Kier alpha value is -0.100. The van der Waals surface area contributed by atoms with Gasteiger partial charge in [-0.05, 0) is 52.3 Å². The quantitative estimate of drug-likeness (QED) is 0.705. The van der Waals surface area contributed by atoms with Gasteiger partial charge in [0.05, 0.1) is 12.3 Å². The van der Waals surface area contributed by atoms with Gasteiger partial charge in [-0.25, -0.2) is 0 Å². The van der Waals surface area contributed by atoms with Gasteiger partial charge in [0.15, 0.2) is 4.67 Å². The lowest BCUT2D eigenvalue weighted by Crippen LogP contribution is -2.22. The van der Waals surface area contributed by atoms with Crippen LogP contribution in [-0.4, -0.2) is 6.54 Å². The van der Waals surface area contributed by atoms with Gasteiger partial charge < -0.3 is 9.73 Å². The Kier molecular flexibility index (Phi) is 5.06. The Morgan fingerprint density at radius 1 is 1.17 bits per heavy atom. The van der Waals surface area contributed by atoms with Gasteiger partial charge >= 0.3 is 0 Å². The van der Waals surface area contributed by atoms with Crippen molar-refractivity contribution >= 4 is 47.8 Å². The second-order valence-electron chi connectivity index (χ2n) is 3.81. The highest BCUT2D eigenvalue weighted by molar-refractivity contribution is 9.11. The highest BCUT2D eigenvalue weighted by atomic mass is 79.9. The molecule has 18 heavy (non-hydrogen) atoms. The highest BCUT2D eigenvalue weighted by Crippen LogP contribution is 2.34. The summed E-state index contributed by atoms with van der Waals surface area (Å²) in [5.74, 6) is 0. The molecule has 5 heteroatoms. The van der Waals surface area contributed by atoms with Crippen LogP contribution in [0, 0.1) is 0 Å². The first kappa shape index (κ1) is 14.3. The number of rotatable bonds is 4. The van der Waals surface area contributed by atoms with Crippen LogP contribution >= 0.6 is 47.8 Å². The van der Waals surface area contributed by atoms with Gasteiger partial charge in [-0.3, -0.25) is 0 Å². The van der Waals surface area contributed by atoms with Crippen molar-refractivity contribution in [2.45, 2.75) is 13.0 Å². The van der Waals surface area contributed by atoms with Crippen molar-refractivity contribution in [3.8, 4) is 0 Å². The molecular weight excluding hydrogens is 426 g/mol. The van der Waals surface area contributed by atoms with Crippen LogP contribution in [0.1, 0.15) is 24.1 Å². The second-order valence-corrected chi connectivity index (χ2v) is 6.30. The molecule has 1 aromatic heterocycles. The average Bonchev–Trinajstić information content (AvgIpc) is 2.76. The Morgan fingerprint density at radius 2 is 1.94 bits per heavy atom. The van der Waals surface area contributed by atoms with Crippen LogP contribution in [-0.2, 0) is 0 Å². The predicted molar refractivity (Wildman–Crippen MR) is 83.8 cm³/mol. The van der Waals surface area contributed by atoms with Crippen molar-refractivity contribution in [3.63, 3.8) is 0 Å². The van der Waals surface area contributed by atoms with Gasteiger partial charge in [0, 0.05) is 14.5 Å². The molecule has 0 aliphatic heterocycles. The van der Waals surface area contributed by atoms with Gasteiger partial charge in [-0.2, -0.15) is 0 Å². The summed E-state index contributed by atoms with van der Waals surface area (Å²) in [6.45, 7) is 2.97. The van der Waals surface area contributed by atoms with Gasteiger partial charge in [-0.15, -0.1) is 0 Å². The first-order valence-electron chi connectivity index (χ1n) is 5.54. The molecule has 0 amide bonds. The molecule has 0 aliphatic rings.